The molecule has 0 aliphatic carbocycles. The van der Waals surface area contributed by atoms with E-state index in [0.29, 0.717) is 12.4 Å². The third kappa shape index (κ3) is 2.68. The Morgan fingerprint density at radius 3 is 2.94 bits per heavy atom. The Balaban J connectivity index is 2.36. The summed E-state index contributed by atoms with van der Waals surface area (Å²) in [5, 5.41) is 8.14. The molecule has 90 valence electrons. The molecule has 7 heteroatoms. The summed E-state index contributed by atoms with van der Waals surface area (Å²) in [6.45, 7) is 2.34. The van der Waals surface area contributed by atoms with Crippen LogP contribution in [0.2, 0.25) is 0 Å². The van der Waals surface area contributed by atoms with E-state index in [1.807, 2.05) is 14.0 Å². The van der Waals surface area contributed by atoms with Gasteiger partial charge in [0.1, 0.15) is 16.1 Å². The molecule has 0 aliphatic heterocycles. The highest BCUT2D eigenvalue weighted by Gasteiger charge is 2.08. The van der Waals surface area contributed by atoms with Crippen LogP contribution in [0.5, 0.6) is 0 Å². The monoisotopic (exact) mass is 271 g/mol. The minimum absolute atomic E-state index is 0.228. The van der Waals surface area contributed by atoms with Crippen LogP contribution in [0.4, 0.5) is 5.82 Å². The van der Waals surface area contributed by atoms with Crippen LogP contribution in [0.15, 0.2) is 16.8 Å². The highest BCUT2D eigenvalue weighted by molar-refractivity contribution is 6.55. The predicted molar refractivity (Wildman–Crippen MR) is 69.3 cm³/mol. The number of fused-ring (bicyclic) bond motifs is 1. The largest absolute Gasteiger partial charge is 0.366 e. The van der Waals surface area contributed by atoms with Gasteiger partial charge < -0.3 is 5.32 Å². The molecule has 17 heavy (non-hydrogen) atoms. The number of aryl methyl sites for hydroxylation is 2. The minimum Gasteiger partial charge on any atom is -0.366 e. The van der Waals surface area contributed by atoms with E-state index < -0.39 is 0 Å². The van der Waals surface area contributed by atoms with E-state index in [9.17, 15) is 0 Å². The summed E-state index contributed by atoms with van der Waals surface area (Å²) in [5.74, 6) is 1.41. The van der Waals surface area contributed by atoms with Gasteiger partial charge in [0.25, 0.3) is 0 Å². The average Bonchev–Trinajstić information content (AvgIpc) is 2.60. The van der Waals surface area contributed by atoms with Gasteiger partial charge >= 0.3 is 0 Å². The second kappa shape index (κ2) is 4.89. The number of nitrogens with one attached hydrogen (secondary N) is 1. The fourth-order valence-electron chi connectivity index (χ4n) is 1.49. The maximum Gasteiger partial charge on any atom is 0.163 e. The van der Waals surface area contributed by atoms with Crippen molar-refractivity contribution in [1.82, 2.24) is 19.7 Å². The third-order valence-electron chi connectivity index (χ3n) is 2.23. The quantitative estimate of drug-likeness (QED) is 0.932. The fraction of sp³-hybridized carbons (Fsp3) is 0.300. The van der Waals surface area contributed by atoms with Crippen molar-refractivity contribution in [3.63, 3.8) is 0 Å². The van der Waals surface area contributed by atoms with Crippen LogP contribution >= 0.6 is 23.2 Å². The molecule has 0 radical (unpaired) electrons. The first-order valence-corrected chi connectivity index (χ1v) is 5.75. The van der Waals surface area contributed by atoms with Gasteiger partial charge in [0, 0.05) is 13.6 Å². The Morgan fingerprint density at radius 2 is 2.24 bits per heavy atom. The molecule has 2 heterocycles. The third-order valence-corrected chi connectivity index (χ3v) is 2.54. The van der Waals surface area contributed by atoms with Crippen molar-refractivity contribution in [2.45, 2.75) is 6.92 Å². The van der Waals surface area contributed by atoms with Gasteiger partial charge in [-0.3, -0.25) is 4.68 Å². The Bertz CT molecular complexity index is 571. The molecule has 5 nitrogen and oxygen atoms in total. The number of nitrogens with zero attached hydrogens (tertiary/aromatic N) is 4. The molecule has 0 atom stereocenters. The molecule has 2 aromatic rings. The summed E-state index contributed by atoms with van der Waals surface area (Å²) in [6, 6.07) is 0. The maximum atomic E-state index is 5.53. The maximum absolute atomic E-state index is 5.53. The van der Waals surface area contributed by atoms with Crippen LogP contribution in [0.3, 0.4) is 0 Å². The lowest BCUT2D eigenvalue weighted by Crippen LogP contribution is -2.04. The summed E-state index contributed by atoms with van der Waals surface area (Å²) >= 11 is 11.1. The van der Waals surface area contributed by atoms with Crippen molar-refractivity contribution in [3.05, 3.63) is 22.6 Å². The van der Waals surface area contributed by atoms with Gasteiger partial charge in [-0.1, -0.05) is 23.2 Å². The number of hydrogen-bond donors (Lipinski definition) is 1. The summed E-state index contributed by atoms with van der Waals surface area (Å²) < 4.78 is 1.94. The Kier molecular flexibility index (Phi) is 3.49. The van der Waals surface area contributed by atoms with Gasteiger partial charge in [0.15, 0.2) is 5.65 Å². The van der Waals surface area contributed by atoms with Crippen LogP contribution in [0, 0.1) is 6.92 Å². The van der Waals surface area contributed by atoms with E-state index in [0.717, 1.165) is 16.9 Å². The molecule has 0 saturated carbocycles. The van der Waals surface area contributed by atoms with Crippen LogP contribution in [0.1, 0.15) is 5.82 Å². The zero-order valence-electron chi connectivity index (χ0n) is 9.41. The number of hydrogen-bond acceptors (Lipinski definition) is 4. The first kappa shape index (κ1) is 12.1. The molecule has 0 spiro atoms. The average molecular weight is 272 g/mol. The van der Waals surface area contributed by atoms with Gasteiger partial charge in [-0.2, -0.15) is 5.10 Å². The second-order valence-electron chi connectivity index (χ2n) is 3.50. The van der Waals surface area contributed by atoms with Gasteiger partial charge in [-0.15, -0.1) is 0 Å². The van der Waals surface area contributed by atoms with Gasteiger partial charge in [-0.05, 0) is 13.0 Å². The van der Waals surface area contributed by atoms with E-state index >= 15 is 0 Å². The van der Waals surface area contributed by atoms with Crippen molar-refractivity contribution >= 4 is 40.1 Å². The van der Waals surface area contributed by atoms with Crippen LogP contribution < -0.4 is 5.32 Å². The molecule has 2 rings (SSSR count). The normalized spacial score (nSPS) is 10.6. The molecule has 0 aromatic carbocycles. The lowest BCUT2D eigenvalue weighted by Gasteiger charge is -2.05. The van der Waals surface area contributed by atoms with E-state index in [1.165, 1.54) is 0 Å². The highest BCUT2D eigenvalue weighted by Crippen LogP contribution is 2.19. The predicted octanol–water partition coefficient (Wildman–Crippen LogP) is 2.40. The molecular weight excluding hydrogens is 261 g/mol. The number of halogens is 2. The lowest BCUT2D eigenvalue weighted by molar-refractivity contribution is 0.783. The molecule has 0 unspecified atom stereocenters. The Hall–Kier alpha value is -1.33. The number of anilines is 1. The highest BCUT2D eigenvalue weighted by atomic mass is 35.5. The van der Waals surface area contributed by atoms with Crippen LogP contribution in [0.25, 0.3) is 11.0 Å². The molecule has 2 aromatic heterocycles. The first-order chi connectivity index (χ1) is 8.08. The fourth-order valence-corrected chi connectivity index (χ4v) is 1.64. The molecule has 0 aliphatic rings. The van der Waals surface area contributed by atoms with Crippen molar-refractivity contribution in [3.8, 4) is 0 Å². The minimum atomic E-state index is 0.228. The topological polar surface area (TPSA) is 55.6 Å². The molecule has 0 bridgehead atoms. The number of rotatable bonds is 3. The van der Waals surface area contributed by atoms with Crippen molar-refractivity contribution < 1.29 is 0 Å². The van der Waals surface area contributed by atoms with Gasteiger partial charge in [-0.25, -0.2) is 9.97 Å². The van der Waals surface area contributed by atoms with Crippen molar-refractivity contribution in [2.75, 3.05) is 11.9 Å². The number of aromatic nitrogens is 4. The van der Waals surface area contributed by atoms with Crippen LogP contribution in [-0.4, -0.2) is 26.3 Å². The van der Waals surface area contributed by atoms with Gasteiger partial charge in [0.05, 0.1) is 11.6 Å². The zero-order valence-corrected chi connectivity index (χ0v) is 10.9. The molecule has 1 N–H and O–H groups in total. The molecular formula is C10H11Cl2N5. The summed E-state index contributed by atoms with van der Waals surface area (Å²) in [4.78, 5) is 8.64. The Morgan fingerprint density at radius 1 is 1.47 bits per heavy atom. The first-order valence-electron chi connectivity index (χ1n) is 4.99. The molecule has 0 amide bonds. The second-order valence-corrected chi connectivity index (χ2v) is 4.51. The van der Waals surface area contributed by atoms with E-state index in [2.05, 4.69) is 20.4 Å². The van der Waals surface area contributed by atoms with Crippen molar-refractivity contribution in [2.24, 2.45) is 7.05 Å². The van der Waals surface area contributed by atoms with E-state index in [-0.39, 0.29) is 4.49 Å². The SMILES string of the molecule is Cc1nc(NCC=C(Cl)Cl)c2cnn(C)c2n1. The smallest absolute Gasteiger partial charge is 0.163 e. The summed E-state index contributed by atoms with van der Waals surface area (Å²) in [5.41, 5.74) is 0.793. The lowest BCUT2D eigenvalue weighted by atomic mass is 10.4. The van der Waals surface area contributed by atoms with Crippen LogP contribution in [-0.2, 0) is 7.05 Å². The standard InChI is InChI=1S/C10H11Cl2N5/c1-6-15-9(13-4-3-8(11)12)7-5-14-17(2)10(7)16-6/h3,5H,4H2,1-2H3,(H,13,15,16). The molecule has 0 saturated heterocycles. The molecule has 0 fully saturated rings. The van der Waals surface area contributed by atoms with E-state index in [4.69, 9.17) is 23.2 Å². The van der Waals surface area contributed by atoms with E-state index in [1.54, 1.807) is 17.0 Å². The summed E-state index contributed by atoms with van der Waals surface area (Å²) in [7, 11) is 1.84. The summed E-state index contributed by atoms with van der Waals surface area (Å²) in [6.07, 6.45) is 3.38. The van der Waals surface area contributed by atoms with Gasteiger partial charge in [0.2, 0.25) is 0 Å². The Labute approximate surface area is 108 Å². The van der Waals surface area contributed by atoms with Crippen molar-refractivity contribution in [1.29, 1.82) is 0 Å². The zero-order chi connectivity index (χ0) is 12.4.